The molecule has 0 aliphatic heterocycles. The van der Waals surface area contributed by atoms with Crippen LogP contribution < -0.4 is 5.32 Å². The van der Waals surface area contributed by atoms with Crippen molar-refractivity contribution in [3.8, 4) is 0 Å². The number of hydrogen-bond acceptors (Lipinski definition) is 2. The van der Waals surface area contributed by atoms with Gasteiger partial charge < -0.3 is 10.3 Å². The first kappa shape index (κ1) is 11.7. The Labute approximate surface area is 114 Å². The van der Waals surface area contributed by atoms with Gasteiger partial charge >= 0.3 is 0 Å². The number of halogens is 1. The van der Waals surface area contributed by atoms with Crippen LogP contribution in [0.15, 0.2) is 48.8 Å². The Bertz CT molecular complexity index is 751. The number of amides is 1. The van der Waals surface area contributed by atoms with Crippen molar-refractivity contribution in [3.63, 3.8) is 0 Å². The van der Waals surface area contributed by atoms with Crippen molar-refractivity contribution in [2.75, 3.05) is 5.32 Å². The molecule has 0 unspecified atom stereocenters. The largest absolute Gasteiger partial charge is 0.346 e. The van der Waals surface area contributed by atoms with E-state index in [1.54, 1.807) is 42.7 Å². The normalized spacial score (nSPS) is 10.6. The average Bonchev–Trinajstić information content (AvgIpc) is 2.88. The topological polar surface area (TPSA) is 57.8 Å². The van der Waals surface area contributed by atoms with Crippen LogP contribution in [0.2, 0.25) is 5.02 Å². The van der Waals surface area contributed by atoms with Gasteiger partial charge in [0.05, 0.1) is 16.3 Å². The Morgan fingerprint density at radius 3 is 2.89 bits per heavy atom. The van der Waals surface area contributed by atoms with Gasteiger partial charge in [0.2, 0.25) is 0 Å². The summed E-state index contributed by atoms with van der Waals surface area (Å²) in [5.41, 5.74) is 1.89. The lowest BCUT2D eigenvalue weighted by Crippen LogP contribution is -2.12. The minimum atomic E-state index is -0.237. The maximum atomic E-state index is 12.2. The standard InChI is InChI=1S/C14H10ClN3O/c15-11-4-2-1-3-9(11)14(19)18-12-6-8-17-13-10(12)5-7-16-13/h1-8H,(H2,16,17,18,19). The van der Waals surface area contributed by atoms with Crippen molar-refractivity contribution in [1.82, 2.24) is 9.97 Å². The van der Waals surface area contributed by atoms with E-state index in [0.29, 0.717) is 16.3 Å². The molecule has 0 bridgehead atoms. The summed E-state index contributed by atoms with van der Waals surface area (Å²) < 4.78 is 0. The van der Waals surface area contributed by atoms with Gasteiger partial charge in [0.1, 0.15) is 5.65 Å². The molecule has 3 aromatic rings. The third-order valence-electron chi connectivity index (χ3n) is 2.83. The third-order valence-corrected chi connectivity index (χ3v) is 3.16. The van der Waals surface area contributed by atoms with E-state index in [1.807, 2.05) is 6.07 Å². The maximum absolute atomic E-state index is 12.2. The first-order chi connectivity index (χ1) is 9.25. The summed E-state index contributed by atoms with van der Waals surface area (Å²) in [7, 11) is 0. The number of H-pyrrole nitrogens is 1. The van der Waals surface area contributed by atoms with E-state index >= 15 is 0 Å². The average molecular weight is 272 g/mol. The van der Waals surface area contributed by atoms with Crippen LogP contribution >= 0.6 is 11.6 Å². The number of carbonyl (C=O) groups is 1. The van der Waals surface area contributed by atoms with Crippen LogP contribution in [0.1, 0.15) is 10.4 Å². The van der Waals surface area contributed by atoms with Crippen molar-refractivity contribution in [2.45, 2.75) is 0 Å². The van der Waals surface area contributed by atoms with Crippen LogP contribution in [0.5, 0.6) is 0 Å². The molecule has 19 heavy (non-hydrogen) atoms. The highest BCUT2D eigenvalue weighted by Crippen LogP contribution is 2.22. The zero-order valence-electron chi connectivity index (χ0n) is 9.85. The molecule has 0 fully saturated rings. The zero-order valence-corrected chi connectivity index (χ0v) is 10.6. The number of nitrogens with one attached hydrogen (secondary N) is 2. The third kappa shape index (κ3) is 2.18. The summed E-state index contributed by atoms with van der Waals surface area (Å²) >= 11 is 6.00. The smallest absolute Gasteiger partial charge is 0.257 e. The molecule has 5 heteroatoms. The van der Waals surface area contributed by atoms with E-state index in [-0.39, 0.29) is 5.91 Å². The number of hydrogen-bond donors (Lipinski definition) is 2. The molecule has 3 rings (SSSR count). The Morgan fingerprint density at radius 2 is 2.05 bits per heavy atom. The minimum Gasteiger partial charge on any atom is -0.346 e. The number of benzene rings is 1. The van der Waals surface area contributed by atoms with E-state index < -0.39 is 0 Å². The summed E-state index contributed by atoms with van der Waals surface area (Å²) in [6.45, 7) is 0. The van der Waals surface area contributed by atoms with E-state index in [0.717, 1.165) is 11.0 Å². The summed E-state index contributed by atoms with van der Waals surface area (Å²) in [6, 6.07) is 10.6. The number of aromatic nitrogens is 2. The fourth-order valence-electron chi connectivity index (χ4n) is 1.90. The quantitative estimate of drug-likeness (QED) is 0.750. The molecule has 0 atom stereocenters. The lowest BCUT2D eigenvalue weighted by molar-refractivity contribution is 0.102. The van der Waals surface area contributed by atoms with Crippen LogP contribution in [-0.4, -0.2) is 15.9 Å². The molecule has 2 heterocycles. The van der Waals surface area contributed by atoms with Crippen LogP contribution in [-0.2, 0) is 0 Å². The van der Waals surface area contributed by atoms with Gasteiger partial charge in [-0.05, 0) is 24.3 Å². The number of carbonyl (C=O) groups excluding carboxylic acids is 1. The molecule has 0 saturated carbocycles. The van der Waals surface area contributed by atoms with Crippen molar-refractivity contribution < 1.29 is 4.79 Å². The predicted octanol–water partition coefficient (Wildman–Crippen LogP) is 3.47. The first-order valence-electron chi connectivity index (χ1n) is 5.73. The monoisotopic (exact) mass is 271 g/mol. The van der Waals surface area contributed by atoms with Crippen LogP contribution in [0.25, 0.3) is 11.0 Å². The van der Waals surface area contributed by atoms with Crippen LogP contribution in [0.3, 0.4) is 0 Å². The second kappa shape index (κ2) is 4.74. The highest BCUT2D eigenvalue weighted by molar-refractivity contribution is 6.34. The van der Waals surface area contributed by atoms with Gasteiger partial charge in [-0.1, -0.05) is 23.7 Å². The molecule has 2 N–H and O–H groups in total. The Kier molecular flexibility index (Phi) is 2.93. The van der Waals surface area contributed by atoms with Crippen LogP contribution in [0.4, 0.5) is 5.69 Å². The fraction of sp³-hybridized carbons (Fsp3) is 0. The summed E-state index contributed by atoms with van der Waals surface area (Å²) in [6.07, 6.45) is 3.42. The van der Waals surface area contributed by atoms with Gasteiger partial charge in [-0.25, -0.2) is 4.98 Å². The molecular formula is C14H10ClN3O. The molecule has 4 nitrogen and oxygen atoms in total. The van der Waals surface area contributed by atoms with Crippen molar-refractivity contribution in [2.24, 2.45) is 0 Å². The van der Waals surface area contributed by atoms with E-state index in [4.69, 9.17) is 11.6 Å². The number of nitrogens with zero attached hydrogens (tertiary/aromatic N) is 1. The minimum absolute atomic E-state index is 0.237. The molecule has 0 aliphatic rings. The van der Waals surface area contributed by atoms with Gasteiger partial charge in [0.15, 0.2) is 0 Å². The molecule has 0 saturated heterocycles. The number of pyridine rings is 1. The van der Waals surface area contributed by atoms with Crippen molar-refractivity contribution >= 4 is 34.2 Å². The van der Waals surface area contributed by atoms with Crippen molar-refractivity contribution in [3.05, 3.63) is 59.4 Å². The van der Waals surface area contributed by atoms with E-state index in [2.05, 4.69) is 15.3 Å². The lowest BCUT2D eigenvalue weighted by atomic mass is 10.2. The molecule has 0 aliphatic carbocycles. The van der Waals surface area contributed by atoms with Gasteiger partial charge in [-0.2, -0.15) is 0 Å². The number of anilines is 1. The molecule has 0 spiro atoms. The highest BCUT2D eigenvalue weighted by atomic mass is 35.5. The fourth-order valence-corrected chi connectivity index (χ4v) is 2.13. The zero-order chi connectivity index (χ0) is 13.2. The first-order valence-corrected chi connectivity index (χ1v) is 6.11. The maximum Gasteiger partial charge on any atom is 0.257 e. The second-order valence-corrected chi connectivity index (χ2v) is 4.44. The summed E-state index contributed by atoms with van der Waals surface area (Å²) in [5.74, 6) is -0.237. The molecule has 1 amide bonds. The number of aromatic amines is 1. The number of fused-ring (bicyclic) bond motifs is 1. The lowest BCUT2D eigenvalue weighted by Gasteiger charge is -2.07. The SMILES string of the molecule is O=C(Nc1ccnc2[nH]ccc12)c1ccccc1Cl. The summed E-state index contributed by atoms with van der Waals surface area (Å²) in [4.78, 5) is 19.3. The molecule has 94 valence electrons. The molecular weight excluding hydrogens is 262 g/mol. The summed E-state index contributed by atoms with van der Waals surface area (Å²) in [5, 5.41) is 4.14. The van der Waals surface area contributed by atoms with Crippen LogP contribution in [0, 0.1) is 0 Å². The molecule has 2 aromatic heterocycles. The Balaban J connectivity index is 1.95. The number of rotatable bonds is 2. The Hall–Kier alpha value is -2.33. The molecule has 0 radical (unpaired) electrons. The predicted molar refractivity (Wildman–Crippen MR) is 75.5 cm³/mol. The van der Waals surface area contributed by atoms with Crippen molar-refractivity contribution in [1.29, 1.82) is 0 Å². The van der Waals surface area contributed by atoms with Gasteiger partial charge in [-0.15, -0.1) is 0 Å². The van der Waals surface area contributed by atoms with Gasteiger partial charge in [-0.3, -0.25) is 4.79 Å². The Morgan fingerprint density at radius 1 is 1.21 bits per heavy atom. The van der Waals surface area contributed by atoms with E-state index in [1.165, 1.54) is 0 Å². The molecule has 1 aromatic carbocycles. The van der Waals surface area contributed by atoms with Gasteiger partial charge in [0, 0.05) is 17.8 Å². The van der Waals surface area contributed by atoms with Gasteiger partial charge in [0.25, 0.3) is 5.91 Å². The van der Waals surface area contributed by atoms with E-state index in [9.17, 15) is 4.79 Å². The second-order valence-electron chi connectivity index (χ2n) is 4.03. The highest BCUT2D eigenvalue weighted by Gasteiger charge is 2.11.